The maximum Gasteiger partial charge on any atom is 0.472 e. The van der Waals surface area contributed by atoms with Crippen LogP contribution in [0.4, 0.5) is 0 Å². The molecule has 0 saturated heterocycles. The van der Waals surface area contributed by atoms with E-state index in [1.807, 2.05) is 0 Å². The van der Waals surface area contributed by atoms with Gasteiger partial charge in [0.2, 0.25) is 5.91 Å². The summed E-state index contributed by atoms with van der Waals surface area (Å²) < 4.78 is 26.0. The van der Waals surface area contributed by atoms with Gasteiger partial charge in [-0.15, -0.1) is 0 Å². The van der Waals surface area contributed by atoms with Crippen LogP contribution in [-0.2, 0) is 32.7 Å². The van der Waals surface area contributed by atoms with Gasteiger partial charge in [0, 0.05) is 12.8 Å². The largest absolute Gasteiger partial charge is 0.480 e. The van der Waals surface area contributed by atoms with Crippen molar-refractivity contribution in [3.05, 3.63) is 36.5 Å². The number of esters is 1. The fourth-order valence-corrected chi connectivity index (χ4v) is 4.02. The van der Waals surface area contributed by atoms with E-state index in [0.29, 0.717) is 12.8 Å². The summed E-state index contributed by atoms with van der Waals surface area (Å²) in [7, 11) is -4.72. The van der Waals surface area contributed by atoms with Crippen molar-refractivity contribution in [1.82, 2.24) is 5.32 Å². The molecule has 0 rings (SSSR count). The number of phosphoric acid groups is 1. The van der Waals surface area contributed by atoms with Gasteiger partial charge in [0.15, 0.2) is 6.04 Å². The molecule has 0 aliphatic rings. The number of carbonyl (C=O) groups excluding carboxylic acids is 2. The summed E-state index contributed by atoms with van der Waals surface area (Å²) in [6, 6.07) is -1.55. The monoisotopic (exact) mass is 589 g/mol. The Bertz CT molecular complexity index is 843. The standard InChI is InChI=1S/C28H48NO10P/c1-3-5-6-7-8-9-10-11-12-13-14-15-16-17-18-20-26(31)29-25(28(33)34)23-39-40(35,36)38-22-24(30)21-37-27(32)19-4-2/h5-6,8-9,11-12,24-25,30H,3-4,7,10,13-23H2,1-2H3,(H,29,31)(H,33,34)(H,35,36)/b6-5-,9-8-,12-11-. The van der Waals surface area contributed by atoms with Crippen LogP contribution in [0, 0.1) is 0 Å². The van der Waals surface area contributed by atoms with Crippen molar-refractivity contribution < 1.29 is 47.8 Å². The summed E-state index contributed by atoms with van der Waals surface area (Å²) >= 11 is 0. The molecule has 4 N–H and O–H groups in total. The Morgan fingerprint density at radius 2 is 1.43 bits per heavy atom. The fourth-order valence-electron chi connectivity index (χ4n) is 3.25. The zero-order valence-corrected chi connectivity index (χ0v) is 24.8. The van der Waals surface area contributed by atoms with Crippen LogP contribution in [0.5, 0.6) is 0 Å². The molecule has 1 amide bonds. The first-order valence-corrected chi connectivity index (χ1v) is 15.5. The highest BCUT2D eigenvalue weighted by Gasteiger charge is 2.28. The van der Waals surface area contributed by atoms with Crippen molar-refractivity contribution in [2.24, 2.45) is 0 Å². The highest BCUT2D eigenvalue weighted by Crippen LogP contribution is 2.43. The van der Waals surface area contributed by atoms with Gasteiger partial charge in [-0.25, -0.2) is 9.36 Å². The van der Waals surface area contributed by atoms with E-state index >= 15 is 0 Å². The fraction of sp³-hybridized carbons (Fsp3) is 0.679. The molecule has 230 valence electrons. The van der Waals surface area contributed by atoms with E-state index in [9.17, 15) is 34.1 Å². The molecule has 3 atom stereocenters. The molecular weight excluding hydrogens is 541 g/mol. The van der Waals surface area contributed by atoms with E-state index in [4.69, 9.17) is 4.74 Å². The smallest absolute Gasteiger partial charge is 0.472 e. The number of allylic oxidation sites excluding steroid dienone is 6. The second kappa shape index (κ2) is 24.5. The van der Waals surface area contributed by atoms with Crippen LogP contribution >= 0.6 is 7.82 Å². The number of hydrogen-bond acceptors (Lipinski definition) is 8. The lowest BCUT2D eigenvalue weighted by atomic mass is 10.1. The molecule has 0 saturated carbocycles. The number of carboxylic acids is 1. The second-order valence-electron chi connectivity index (χ2n) is 9.21. The third kappa shape index (κ3) is 23.6. The van der Waals surface area contributed by atoms with Gasteiger partial charge in [0.1, 0.15) is 12.7 Å². The van der Waals surface area contributed by atoms with Crippen LogP contribution in [-0.4, -0.2) is 64.9 Å². The van der Waals surface area contributed by atoms with Crippen molar-refractivity contribution >= 4 is 25.7 Å². The van der Waals surface area contributed by atoms with Crippen LogP contribution in [0.25, 0.3) is 0 Å². The first-order valence-electron chi connectivity index (χ1n) is 14.0. The zero-order valence-electron chi connectivity index (χ0n) is 23.9. The number of aliphatic hydroxyl groups excluding tert-OH is 1. The maximum atomic E-state index is 12.1. The third-order valence-electron chi connectivity index (χ3n) is 5.41. The van der Waals surface area contributed by atoms with E-state index in [1.165, 1.54) is 0 Å². The summed E-state index contributed by atoms with van der Waals surface area (Å²) in [6.07, 6.45) is 20.9. The van der Waals surface area contributed by atoms with Crippen molar-refractivity contribution in [3.63, 3.8) is 0 Å². The molecular formula is C28H48NO10P. The highest BCUT2D eigenvalue weighted by molar-refractivity contribution is 7.47. The van der Waals surface area contributed by atoms with E-state index in [-0.39, 0.29) is 12.8 Å². The summed E-state index contributed by atoms with van der Waals surface area (Å²) in [5.74, 6) is -2.47. The molecule has 0 aromatic heterocycles. The molecule has 0 aliphatic heterocycles. The number of hydrogen-bond donors (Lipinski definition) is 4. The molecule has 0 heterocycles. The van der Waals surface area contributed by atoms with Gasteiger partial charge in [0.25, 0.3) is 0 Å². The number of aliphatic carboxylic acids is 1. The SMILES string of the molecule is CC/C=C\C/C=C\C/C=C\CCCCCCCC(=O)NC(COP(=O)(O)OCC(O)COC(=O)CCC)C(=O)O. The summed E-state index contributed by atoms with van der Waals surface area (Å²) in [4.78, 5) is 44.5. The Morgan fingerprint density at radius 1 is 0.825 bits per heavy atom. The van der Waals surface area contributed by atoms with Crippen molar-refractivity contribution in [1.29, 1.82) is 0 Å². The van der Waals surface area contributed by atoms with Crippen molar-refractivity contribution in [2.75, 3.05) is 19.8 Å². The molecule has 40 heavy (non-hydrogen) atoms. The number of amides is 1. The Morgan fingerprint density at radius 3 is 2.08 bits per heavy atom. The lowest BCUT2D eigenvalue weighted by Crippen LogP contribution is -2.43. The van der Waals surface area contributed by atoms with Crippen molar-refractivity contribution in [3.8, 4) is 0 Å². The number of rotatable bonds is 25. The van der Waals surface area contributed by atoms with Gasteiger partial charge in [-0.2, -0.15) is 0 Å². The molecule has 0 aromatic carbocycles. The summed E-state index contributed by atoms with van der Waals surface area (Å²) in [6.45, 7) is 1.98. The quantitative estimate of drug-likeness (QED) is 0.0493. The number of carbonyl (C=O) groups is 3. The van der Waals surface area contributed by atoms with E-state index < -0.39 is 57.6 Å². The number of aliphatic hydroxyl groups is 1. The minimum atomic E-state index is -4.72. The van der Waals surface area contributed by atoms with Crippen LogP contribution < -0.4 is 5.32 Å². The third-order valence-corrected chi connectivity index (χ3v) is 6.36. The Kier molecular flexibility index (Phi) is 23.1. The second-order valence-corrected chi connectivity index (χ2v) is 10.7. The zero-order chi connectivity index (χ0) is 30.1. The minimum Gasteiger partial charge on any atom is -0.480 e. The predicted molar refractivity (Wildman–Crippen MR) is 152 cm³/mol. The Hall–Kier alpha value is -2.30. The molecule has 11 nitrogen and oxygen atoms in total. The molecule has 0 aliphatic carbocycles. The van der Waals surface area contributed by atoms with Gasteiger partial charge in [0.05, 0.1) is 13.2 Å². The summed E-state index contributed by atoms with van der Waals surface area (Å²) in [5, 5.41) is 21.3. The highest BCUT2D eigenvalue weighted by atomic mass is 31.2. The van der Waals surface area contributed by atoms with Gasteiger partial charge >= 0.3 is 19.8 Å². The van der Waals surface area contributed by atoms with Gasteiger partial charge in [-0.1, -0.05) is 69.6 Å². The molecule has 0 spiro atoms. The van der Waals surface area contributed by atoms with Crippen molar-refractivity contribution in [2.45, 2.75) is 103 Å². The first kappa shape index (κ1) is 37.7. The maximum absolute atomic E-state index is 12.1. The van der Waals surface area contributed by atoms with Crippen LogP contribution in [0.2, 0.25) is 0 Å². The molecule has 0 fully saturated rings. The van der Waals surface area contributed by atoms with Crippen LogP contribution in [0.15, 0.2) is 36.5 Å². The number of phosphoric ester groups is 1. The van der Waals surface area contributed by atoms with Gasteiger partial charge in [-0.3, -0.25) is 18.6 Å². The normalized spacial score (nSPS) is 14.9. The molecule has 3 unspecified atom stereocenters. The van der Waals surface area contributed by atoms with E-state index in [1.54, 1.807) is 6.92 Å². The average molecular weight is 590 g/mol. The van der Waals surface area contributed by atoms with E-state index in [2.05, 4.69) is 57.7 Å². The van der Waals surface area contributed by atoms with Crippen LogP contribution in [0.1, 0.15) is 90.9 Å². The Labute approximate surface area is 238 Å². The molecule has 0 aromatic rings. The molecule has 0 bridgehead atoms. The topological polar surface area (TPSA) is 169 Å². The predicted octanol–water partition coefficient (Wildman–Crippen LogP) is 4.98. The molecule has 0 radical (unpaired) electrons. The van der Waals surface area contributed by atoms with Crippen LogP contribution in [0.3, 0.4) is 0 Å². The number of unbranched alkanes of at least 4 members (excludes halogenated alkanes) is 5. The number of nitrogens with one attached hydrogen (secondary N) is 1. The first-order chi connectivity index (χ1) is 19.1. The number of carboxylic acid groups (broad SMARTS) is 1. The van der Waals surface area contributed by atoms with Gasteiger partial charge < -0.3 is 25.2 Å². The lowest BCUT2D eigenvalue weighted by molar-refractivity contribution is -0.147. The minimum absolute atomic E-state index is 0.125. The summed E-state index contributed by atoms with van der Waals surface area (Å²) in [5.41, 5.74) is 0. The molecule has 12 heteroatoms. The Balaban J connectivity index is 4.06. The number of ether oxygens (including phenoxy) is 1. The lowest BCUT2D eigenvalue weighted by Gasteiger charge is -2.18. The average Bonchev–Trinajstić information content (AvgIpc) is 2.91. The van der Waals surface area contributed by atoms with E-state index in [0.717, 1.165) is 51.4 Å². The van der Waals surface area contributed by atoms with Gasteiger partial charge in [-0.05, 0) is 44.9 Å².